The van der Waals surface area contributed by atoms with Crippen LogP contribution in [0.4, 0.5) is 0 Å². The third-order valence-electron chi connectivity index (χ3n) is 4.67. The molecule has 1 aromatic heterocycles. The van der Waals surface area contributed by atoms with E-state index in [1.54, 1.807) is 0 Å². The van der Waals surface area contributed by atoms with Gasteiger partial charge in [0.1, 0.15) is 0 Å². The highest BCUT2D eigenvalue weighted by molar-refractivity contribution is 5.00. The minimum Gasteiger partial charge on any atom is -0.330 e. The Morgan fingerprint density at radius 3 is 2.83 bits per heavy atom. The fourth-order valence-corrected chi connectivity index (χ4v) is 3.42. The van der Waals surface area contributed by atoms with Gasteiger partial charge in [-0.05, 0) is 62.0 Å². The Labute approximate surface area is 111 Å². The lowest BCUT2D eigenvalue weighted by molar-refractivity contribution is 0.115. The summed E-state index contributed by atoms with van der Waals surface area (Å²) in [5.74, 6) is 1.51. The lowest BCUT2D eigenvalue weighted by Gasteiger charge is -2.40. The lowest BCUT2D eigenvalue weighted by Crippen LogP contribution is -2.34. The van der Waals surface area contributed by atoms with Crippen molar-refractivity contribution in [3.8, 4) is 0 Å². The maximum Gasteiger partial charge on any atom is 0.0492 e. The zero-order chi connectivity index (χ0) is 13.2. The minimum atomic E-state index is 0.503. The smallest absolute Gasteiger partial charge is 0.0492 e. The maximum atomic E-state index is 5.94. The molecule has 0 aromatic carbocycles. The van der Waals surface area contributed by atoms with Crippen molar-refractivity contribution in [2.45, 2.75) is 46.0 Å². The predicted molar refractivity (Wildman–Crippen MR) is 75.2 cm³/mol. The van der Waals surface area contributed by atoms with Gasteiger partial charge in [-0.25, -0.2) is 0 Å². The topological polar surface area (TPSA) is 43.8 Å². The zero-order valence-electron chi connectivity index (χ0n) is 12.0. The van der Waals surface area contributed by atoms with Gasteiger partial charge < -0.3 is 5.73 Å². The molecule has 0 amide bonds. The van der Waals surface area contributed by atoms with Crippen LogP contribution in [0.2, 0.25) is 0 Å². The number of aryl methyl sites for hydroxylation is 2. The van der Waals surface area contributed by atoms with E-state index in [2.05, 4.69) is 25.0 Å². The molecule has 0 saturated heterocycles. The monoisotopic (exact) mass is 249 g/mol. The van der Waals surface area contributed by atoms with E-state index in [9.17, 15) is 0 Å². The molecule has 0 bridgehead atoms. The summed E-state index contributed by atoms with van der Waals surface area (Å²) in [7, 11) is 2.03. The molecule has 1 heterocycles. The molecule has 1 saturated carbocycles. The van der Waals surface area contributed by atoms with E-state index in [0.717, 1.165) is 24.8 Å². The molecule has 1 fully saturated rings. The molecule has 3 heteroatoms. The molecule has 2 unspecified atom stereocenters. The van der Waals surface area contributed by atoms with Crippen LogP contribution in [0.1, 0.15) is 45.2 Å². The molecule has 3 nitrogen and oxygen atoms in total. The van der Waals surface area contributed by atoms with Crippen LogP contribution < -0.4 is 5.73 Å². The summed E-state index contributed by atoms with van der Waals surface area (Å²) in [6, 6.07) is 2.13. The van der Waals surface area contributed by atoms with Crippen molar-refractivity contribution >= 4 is 0 Å². The SMILES string of the molecule is Cn1nccc1CCC1CC(C)(C)CCC1CN. The first kappa shape index (κ1) is 13.6. The molecule has 102 valence electrons. The number of aromatic nitrogens is 2. The van der Waals surface area contributed by atoms with Crippen molar-refractivity contribution < 1.29 is 0 Å². The quantitative estimate of drug-likeness (QED) is 0.891. The normalized spacial score (nSPS) is 27.3. The Bertz CT molecular complexity index is 381. The number of nitrogens with two attached hydrogens (primary N) is 1. The molecule has 1 aromatic rings. The molecule has 2 atom stereocenters. The van der Waals surface area contributed by atoms with E-state index < -0.39 is 0 Å². The molecule has 1 aliphatic carbocycles. The Morgan fingerprint density at radius 1 is 1.44 bits per heavy atom. The summed E-state index contributed by atoms with van der Waals surface area (Å²) < 4.78 is 1.99. The van der Waals surface area contributed by atoms with Crippen LogP contribution in [0.25, 0.3) is 0 Å². The molecular weight excluding hydrogens is 222 g/mol. The van der Waals surface area contributed by atoms with Crippen molar-refractivity contribution in [1.82, 2.24) is 9.78 Å². The summed E-state index contributed by atoms with van der Waals surface area (Å²) >= 11 is 0. The van der Waals surface area contributed by atoms with Gasteiger partial charge in [-0.3, -0.25) is 4.68 Å². The molecule has 2 N–H and O–H groups in total. The van der Waals surface area contributed by atoms with Crippen LogP contribution in [-0.4, -0.2) is 16.3 Å². The van der Waals surface area contributed by atoms with Gasteiger partial charge in [0.25, 0.3) is 0 Å². The summed E-state index contributed by atoms with van der Waals surface area (Å²) in [4.78, 5) is 0. The third-order valence-corrected chi connectivity index (χ3v) is 4.67. The van der Waals surface area contributed by atoms with Crippen molar-refractivity contribution in [3.05, 3.63) is 18.0 Å². The van der Waals surface area contributed by atoms with E-state index >= 15 is 0 Å². The van der Waals surface area contributed by atoms with Crippen molar-refractivity contribution in [3.63, 3.8) is 0 Å². The summed E-state index contributed by atoms with van der Waals surface area (Å²) in [6.45, 7) is 5.65. The number of hydrogen-bond donors (Lipinski definition) is 1. The van der Waals surface area contributed by atoms with E-state index in [-0.39, 0.29) is 0 Å². The summed E-state index contributed by atoms with van der Waals surface area (Å²) in [5, 5.41) is 4.24. The van der Waals surface area contributed by atoms with E-state index in [4.69, 9.17) is 5.73 Å². The highest BCUT2D eigenvalue weighted by atomic mass is 15.2. The fourth-order valence-electron chi connectivity index (χ4n) is 3.42. The summed E-state index contributed by atoms with van der Waals surface area (Å²) in [5.41, 5.74) is 7.79. The Balaban J connectivity index is 1.95. The minimum absolute atomic E-state index is 0.503. The average molecular weight is 249 g/mol. The maximum absolute atomic E-state index is 5.94. The number of hydrogen-bond acceptors (Lipinski definition) is 2. The number of rotatable bonds is 4. The lowest BCUT2D eigenvalue weighted by atomic mass is 9.66. The molecule has 1 aliphatic rings. The van der Waals surface area contributed by atoms with Crippen LogP contribution in [0.3, 0.4) is 0 Å². The molecule has 0 aliphatic heterocycles. The second kappa shape index (κ2) is 5.43. The second-order valence-corrected chi connectivity index (χ2v) is 6.65. The Morgan fingerprint density at radius 2 is 2.22 bits per heavy atom. The van der Waals surface area contributed by atoms with Crippen LogP contribution in [-0.2, 0) is 13.5 Å². The van der Waals surface area contributed by atoms with E-state index in [0.29, 0.717) is 5.41 Å². The highest BCUT2D eigenvalue weighted by Crippen LogP contribution is 2.43. The van der Waals surface area contributed by atoms with E-state index in [1.807, 2.05) is 17.9 Å². The molecule has 0 spiro atoms. The molecule has 18 heavy (non-hydrogen) atoms. The average Bonchev–Trinajstić information content (AvgIpc) is 2.71. The first-order valence-corrected chi connectivity index (χ1v) is 7.19. The first-order chi connectivity index (χ1) is 8.52. The zero-order valence-corrected chi connectivity index (χ0v) is 12.0. The van der Waals surface area contributed by atoms with Gasteiger partial charge in [-0.1, -0.05) is 13.8 Å². The van der Waals surface area contributed by atoms with Gasteiger partial charge in [0.05, 0.1) is 0 Å². The highest BCUT2D eigenvalue weighted by Gasteiger charge is 2.33. The van der Waals surface area contributed by atoms with Crippen LogP contribution in [0.15, 0.2) is 12.3 Å². The van der Waals surface area contributed by atoms with Gasteiger partial charge in [0, 0.05) is 18.9 Å². The van der Waals surface area contributed by atoms with Gasteiger partial charge in [0.2, 0.25) is 0 Å². The third kappa shape index (κ3) is 3.14. The van der Waals surface area contributed by atoms with Gasteiger partial charge in [-0.15, -0.1) is 0 Å². The Kier molecular flexibility index (Phi) is 4.10. The molecule has 2 rings (SSSR count). The second-order valence-electron chi connectivity index (χ2n) is 6.65. The van der Waals surface area contributed by atoms with Crippen molar-refractivity contribution in [2.75, 3.05) is 6.54 Å². The van der Waals surface area contributed by atoms with E-state index in [1.165, 1.54) is 31.4 Å². The van der Waals surface area contributed by atoms with Crippen LogP contribution in [0.5, 0.6) is 0 Å². The first-order valence-electron chi connectivity index (χ1n) is 7.19. The van der Waals surface area contributed by atoms with Crippen molar-refractivity contribution in [1.29, 1.82) is 0 Å². The van der Waals surface area contributed by atoms with Gasteiger partial charge >= 0.3 is 0 Å². The largest absolute Gasteiger partial charge is 0.330 e. The Hall–Kier alpha value is -0.830. The molecule has 0 radical (unpaired) electrons. The number of nitrogens with zero attached hydrogens (tertiary/aromatic N) is 2. The van der Waals surface area contributed by atoms with Crippen LogP contribution in [0, 0.1) is 17.3 Å². The van der Waals surface area contributed by atoms with Gasteiger partial charge in [0.15, 0.2) is 0 Å². The summed E-state index contributed by atoms with van der Waals surface area (Å²) in [6.07, 6.45) is 8.24. The van der Waals surface area contributed by atoms with Crippen LogP contribution >= 0.6 is 0 Å². The fraction of sp³-hybridized carbons (Fsp3) is 0.800. The molecular formula is C15H27N3. The van der Waals surface area contributed by atoms with Gasteiger partial charge in [-0.2, -0.15) is 5.10 Å². The van der Waals surface area contributed by atoms with Crippen molar-refractivity contribution in [2.24, 2.45) is 30.0 Å². The standard InChI is InChI=1S/C15H27N3/c1-15(2)8-6-13(11-16)12(10-15)4-5-14-7-9-17-18(14)3/h7,9,12-13H,4-6,8,10-11,16H2,1-3H3. The predicted octanol–water partition coefficient (Wildman–Crippen LogP) is 2.75.